The molecule has 2 heteroatoms. The van der Waals surface area contributed by atoms with Crippen LogP contribution in [-0.2, 0) is 6.54 Å². The first kappa shape index (κ1) is 11.2. The van der Waals surface area contributed by atoms with Gasteiger partial charge in [-0.2, -0.15) is 0 Å². The minimum Gasteiger partial charge on any atom is -0.395 e. The Kier molecular flexibility index (Phi) is 4.11. The normalized spacial score (nSPS) is 12.9. The summed E-state index contributed by atoms with van der Waals surface area (Å²) in [5, 5.41) is 12.1. The molecule has 2 nitrogen and oxygen atoms in total. The predicted octanol–water partition coefficient (Wildman–Crippen LogP) is 1.77. The zero-order valence-electron chi connectivity index (χ0n) is 9.17. The summed E-state index contributed by atoms with van der Waals surface area (Å²) in [5.41, 5.74) is 3.86. The number of nitrogens with one attached hydrogen (secondary N) is 1. The lowest BCUT2D eigenvalue weighted by Gasteiger charge is -2.11. The van der Waals surface area contributed by atoms with Crippen LogP contribution in [0.3, 0.4) is 0 Å². The Labute approximate surface area is 86.0 Å². The van der Waals surface area contributed by atoms with Gasteiger partial charge in [0, 0.05) is 12.6 Å². The quantitative estimate of drug-likeness (QED) is 0.764. The largest absolute Gasteiger partial charge is 0.395 e. The van der Waals surface area contributed by atoms with Crippen molar-refractivity contribution in [2.45, 2.75) is 33.4 Å². The molecule has 0 unspecified atom stereocenters. The first-order chi connectivity index (χ1) is 6.61. The standard InChI is InChI=1S/C12H19NO/c1-9-4-10(2)6-12(5-9)7-13-11(3)8-14/h4-6,11,13-14H,7-8H2,1-3H3/t11-/m1/s1. The summed E-state index contributed by atoms with van der Waals surface area (Å²) >= 11 is 0. The van der Waals surface area contributed by atoms with Gasteiger partial charge in [-0.15, -0.1) is 0 Å². The van der Waals surface area contributed by atoms with Crippen LogP contribution in [0.1, 0.15) is 23.6 Å². The van der Waals surface area contributed by atoms with Gasteiger partial charge in [0.1, 0.15) is 0 Å². The molecule has 2 N–H and O–H groups in total. The number of hydrogen-bond acceptors (Lipinski definition) is 2. The van der Waals surface area contributed by atoms with Crippen molar-refractivity contribution in [3.05, 3.63) is 34.9 Å². The fraction of sp³-hybridized carbons (Fsp3) is 0.500. The van der Waals surface area contributed by atoms with Crippen LogP contribution in [0.2, 0.25) is 0 Å². The minimum atomic E-state index is 0.163. The fourth-order valence-corrected chi connectivity index (χ4v) is 1.53. The average Bonchev–Trinajstić information content (AvgIpc) is 2.12. The molecule has 0 aliphatic carbocycles. The van der Waals surface area contributed by atoms with Crippen molar-refractivity contribution in [2.75, 3.05) is 6.61 Å². The second kappa shape index (κ2) is 5.13. The van der Waals surface area contributed by atoms with E-state index in [9.17, 15) is 0 Å². The molecule has 0 bridgehead atoms. The second-order valence-corrected chi connectivity index (χ2v) is 3.96. The molecular weight excluding hydrogens is 174 g/mol. The Balaban J connectivity index is 2.58. The summed E-state index contributed by atoms with van der Waals surface area (Å²) < 4.78 is 0. The van der Waals surface area contributed by atoms with Crippen molar-refractivity contribution in [3.8, 4) is 0 Å². The lowest BCUT2D eigenvalue weighted by atomic mass is 10.1. The lowest BCUT2D eigenvalue weighted by Crippen LogP contribution is -2.28. The minimum absolute atomic E-state index is 0.163. The molecule has 1 aromatic rings. The third kappa shape index (κ3) is 3.48. The van der Waals surface area contributed by atoms with Gasteiger partial charge in [0.15, 0.2) is 0 Å². The Bertz CT molecular complexity index is 276. The maximum absolute atomic E-state index is 8.86. The first-order valence-electron chi connectivity index (χ1n) is 5.03. The molecule has 1 rings (SSSR count). The van der Waals surface area contributed by atoms with Crippen molar-refractivity contribution in [3.63, 3.8) is 0 Å². The van der Waals surface area contributed by atoms with E-state index in [2.05, 4.69) is 37.4 Å². The Morgan fingerprint density at radius 3 is 2.29 bits per heavy atom. The SMILES string of the molecule is Cc1cc(C)cc(CN[C@H](C)CO)c1. The molecule has 1 aromatic carbocycles. The van der Waals surface area contributed by atoms with Crippen LogP contribution in [0.15, 0.2) is 18.2 Å². The van der Waals surface area contributed by atoms with E-state index in [0.29, 0.717) is 0 Å². The number of aliphatic hydroxyl groups is 1. The molecule has 0 amide bonds. The summed E-state index contributed by atoms with van der Waals surface area (Å²) in [7, 11) is 0. The van der Waals surface area contributed by atoms with Crippen molar-refractivity contribution in [1.29, 1.82) is 0 Å². The van der Waals surface area contributed by atoms with Gasteiger partial charge >= 0.3 is 0 Å². The molecule has 0 spiro atoms. The topological polar surface area (TPSA) is 32.3 Å². The van der Waals surface area contributed by atoms with Crippen LogP contribution < -0.4 is 5.32 Å². The van der Waals surface area contributed by atoms with E-state index in [1.165, 1.54) is 16.7 Å². The van der Waals surface area contributed by atoms with E-state index in [-0.39, 0.29) is 12.6 Å². The summed E-state index contributed by atoms with van der Waals surface area (Å²) in [6.07, 6.45) is 0. The van der Waals surface area contributed by atoms with Gasteiger partial charge in [0.25, 0.3) is 0 Å². The highest BCUT2D eigenvalue weighted by molar-refractivity contribution is 5.28. The number of aryl methyl sites for hydroxylation is 2. The van der Waals surface area contributed by atoms with Gasteiger partial charge in [0.05, 0.1) is 6.61 Å². The smallest absolute Gasteiger partial charge is 0.0582 e. The van der Waals surface area contributed by atoms with E-state index in [4.69, 9.17) is 5.11 Å². The highest BCUT2D eigenvalue weighted by atomic mass is 16.3. The molecule has 0 heterocycles. The van der Waals surface area contributed by atoms with E-state index in [0.717, 1.165) is 6.54 Å². The van der Waals surface area contributed by atoms with E-state index < -0.39 is 0 Å². The molecule has 1 atom stereocenters. The summed E-state index contributed by atoms with van der Waals surface area (Å²) in [4.78, 5) is 0. The van der Waals surface area contributed by atoms with Crippen LogP contribution in [0.5, 0.6) is 0 Å². The zero-order chi connectivity index (χ0) is 10.6. The van der Waals surface area contributed by atoms with Crippen LogP contribution in [0.25, 0.3) is 0 Å². The molecule has 0 radical (unpaired) electrons. The average molecular weight is 193 g/mol. The van der Waals surface area contributed by atoms with Crippen molar-refractivity contribution in [1.82, 2.24) is 5.32 Å². The van der Waals surface area contributed by atoms with E-state index in [1.807, 2.05) is 6.92 Å². The van der Waals surface area contributed by atoms with Gasteiger partial charge in [-0.25, -0.2) is 0 Å². The molecule has 0 fully saturated rings. The Morgan fingerprint density at radius 2 is 1.79 bits per heavy atom. The lowest BCUT2D eigenvalue weighted by molar-refractivity contribution is 0.251. The number of hydrogen-bond donors (Lipinski definition) is 2. The first-order valence-corrected chi connectivity index (χ1v) is 5.03. The van der Waals surface area contributed by atoms with Gasteiger partial charge in [0.2, 0.25) is 0 Å². The highest BCUT2D eigenvalue weighted by Gasteiger charge is 1.99. The molecule has 78 valence electrons. The van der Waals surface area contributed by atoms with Gasteiger partial charge in [-0.1, -0.05) is 29.3 Å². The van der Waals surface area contributed by atoms with Gasteiger partial charge < -0.3 is 10.4 Å². The molecule has 0 saturated carbocycles. The summed E-state index contributed by atoms with van der Waals surface area (Å²) in [6, 6.07) is 6.67. The van der Waals surface area contributed by atoms with Gasteiger partial charge in [-0.3, -0.25) is 0 Å². The van der Waals surface area contributed by atoms with Crippen LogP contribution in [-0.4, -0.2) is 17.8 Å². The molecule has 0 aliphatic rings. The number of aliphatic hydroxyl groups excluding tert-OH is 1. The predicted molar refractivity (Wildman–Crippen MR) is 59.3 cm³/mol. The van der Waals surface area contributed by atoms with Crippen molar-refractivity contribution in [2.24, 2.45) is 0 Å². The van der Waals surface area contributed by atoms with Crippen LogP contribution in [0.4, 0.5) is 0 Å². The second-order valence-electron chi connectivity index (χ2n) is 3.96. The number of benzene rings is 1. The summed E-state index contributed by atoms with van der Waals surface area (Å²) in [6.45, 7) is 7.19. The molecular formula is C12H19NO. The molecule has 0 aromatic heterocycles. The van der Waals surface area contributed by atoms with Gasteiger partial charge in [-0.05, 0) is 26.3 Å². The number of rotatable bonds is 4. The van der Waals surface area contributed by atoms with E-state index in [1.54, 1.807) is 0 Å². The molecule has 14 heavy (non-hydrogen) atoms. The van der Waals surface area contributed by atoms with Crippen molar-refractivity contribution >= 4 is 0 Å². The third-order valence-electron chi connectivity index (χ3n) is 2.21. The van der Waals surface area contributed by atoms with Crippen molar-refractivity contribution < 1.29 is 5.11 Å². The van der Waals surface area contributed by atoms with E-state index >= 15 is 0 Å². The zero-order valence-corrected chi connectivity index (χ0v) is 9.17. The third-order valence-corrected chi connectivity index (χ3v) is 2.21. The van der Waals surface area contributed by atoms with Crippen LogP contribution >= 0.6 is 0 Å². The molecule has 0 saturated heterocycles. The molecule has 0 aliphatic heterocycles. The highest BCUT2D eigenvalue weighted by Crippen LogP contribution is 2.08. The Morgan fingerprint density at radius 1 is 1.21 bits per heavy atom. The monoisotopic (exact) mass is 193 g/mol. The maximum Gasteiger partial charge on any atom is 0.0582 e. The fourth-order valence-electron chi connectivity index (χ4n) is 1.53. The maximum atomic E-state index is 8.86. The summed E-state index contributed by atoms with van der Waals surface area (Å²) in [5.74, 6) is 0. The van der Waals surface area contributed by atoms with Crippen LogP contribution in [0, 0.1) is 13.8 Å². The Hall–Kier alpha value is -0.860.